The van der Waals surface area contributed by atoms with E-state index in [4.69, 9.17) is 10.00 Å². The molecule has 1 aromatic heterocycles. The Labute approximate surface area is 172 Å². The Balaban J connectivity index is 2.45. The number of hydrogen-bond donors (Lipinski definition) is 1. The molecule has 1 atom stereocenters. The number of nitrogens with zero attached hydrogens (tertiary/aromatic N) is 2. The van der Waals surface area contributed by atoms with Crippen LogP contribution in [0.1, 0.15) is 74.0 Å². The fourth-order valence-corrected chi connectivity index (χ4v) is 3.79. The van der Waals surface area contributed by atoms with Crippen molar-refractivity contribution in [1.29, 1.82) is 5.26 Å². The molecule has 0 aromatic carbocycles. The van der Waals surface area contributed by atoms with Crippen LogP contribution >= 0.6 is 0 Å². The zero-order chi connectivity index (χ0) is 21.4. The summed E-state index contributed by atoms with van der Waals surface area (Å²) < 4.78 is 6.46. The number of carbonyl (C=O) groups excluding carboxylic acids is 2. The van der Waals surface area contributed by atoms with E-state index in [1.807, 2.05) is 13.8 Å². The zero-order valence-corrected chi connectivity index (χ0v) is 17.6. The molecular formula is C22H31N3O4. The third kappa shape index (κ3) is 5.69. The monoisotopic (exact) mass is 401 g/mol. The van der Waals surface area contributed by atoms with E-state index >= 15 is 0 Å². The predicted octanol–water partition coefficient (Wildman–Crippen LogP) is 2.74. The number of pyridine rings is 1. The zero-order valence-electron chi connectivity index (χ0n) is 17.6. The van der Waals surface area contributed by atoms with Crippen LogP contribution in [0.5, 0.6) is 0 Å². The molecule has 158 valence electrons. The summed E-state index contributed by atoms with van der Waals surface area (Å²) in [6.45, 7) is 4.03. The Kier molecular flexibility index (Phi) is 8.44. The van der Waals surface area contributed by atoms with Gasteiger partial charge in [-0.05, 0) is 49.7 Å². The van der Waals surface area contributed by atoms with Crippen molar-refractivity contribution in [2.45, 2.75) is 77.8 Å². The number of fused-ring (bicyclic) bond motifs is 1. The molecule has 2 rings (SSSR count). The van der Waals surface area contributed by atoms with Crippen molar-refractivity contribution in [2.24, 2.45) is 5.92 Å². The number of amides is 1. The number of carbonyl (C=O) groups is 2. The minimum atomic E-state index is -0.819. The molecule has 29 heavy (non-hydrogen) atoms. The lowest BCUT2D eigenvalue weighted by Crippen LogP contribution is -2.47. The van der Waals surface area contributed by atoms with Crippen LogP contribution in [0.2, 0.25) is 0 Å². The first kappa shape index (κ1) is 22.7. The van der Waals surface area contributed by atoms with E-state index in [1.54, 1.807) is 10.6 Å². The summed E-state index contributed by atoms with van der Waals surface area (Å²) in [7, 11) is 1.28. The van der Waals surface area contributed by atoms with Crippen molar-refractivity contribution in [3.05, 3.63) is 33.2 Å². The normalized spacial score (nSPS) is 14.9. The molecule has 1 heterocycles. The molecule has 1 aromatic rings. The largest absolute Gasteiger partial charge is 0.467 e. The number of nitrogens with one attached hydrogen (secondary N) is 1. The Morgan fingerprint density at radius 1 is 1.24 bits per heavy atom. The van der Waals surface area contributed by atoms with Gasteiger partial charge in [-0.1, -0.05) is 26.7 Å². The highest BCUT2D eigenvalue weighted by atomic mass is 16.5. The van der Waals surface area contributed by atoms with Crippen LogP contribution in [-0.4, -0.2) is 29.6 Å². The molecular weight excluding hydrogens is 370 g/mol. The van der Waals surface area contributed by atoms with Crippen molar-refractivity contribution in [1.82, 2.24) is 9.88 Å². The number of aromatic nitrogens is 1. The van der Waals surface area contributed by atoms with Crippen LogP contribution < -0.4 is 10.9 Å². The first-order valence-corrected chi connectivity index (χ1v) is 10.4. The van der Waals surface area contributed by atoms with Crippen molar-refractivity contribution < 1.29 is 14.3 Å². The molecule has 0 bridgehead atoms. The molecule has 1 amide bonds. The average Bonchev–Trinajstić information content (AvgIpc) is 2.67. The van der Waals surface area contributed by atoms with Gasteiger partial charge in [-0.15, -0.1) is 0 Å². The fourth-order valence-electron chi connectivity index (χ4n) is 3.79. The van der Waals surface area contributed by atoms with Gasteiger partial charge in [-0.25, -0.2) is 4.79 Å². The van der Waals surface area contributed by atoms with E-state index in [2.05, 4.69) is 11.4 Å². The number of methoxy groups -OCH3 is 1. The smallest absolute Gasteiger partial charge is 0.328 e. The Morgan fingerprint density at radius 3 is 2.55 bits per heavy atom. The highest BCUT2D eigenvalue weighted by Gasteiger charge is 2.27. The Morgan fingerprint density at radius 2 is 1.93 bits per heavy atom. The number of nitriles is 1. The second-order valence-corrected chi connectivity index (χ2v) is 7.88. The van der Waals surface area contributed by atoms with Crippen LogP contribution in [0.4, 0.5) is 0 Å². The second-order valence-electron chi connectivity index (χ2n) is 7.88. The summed E-state index contributed by atoms with van der Waals surface area (Å²) in [5.41, 5.74) is 1.70. The van der Waals surface area contributed by atoms with Gasteiger partial charge in [0.15, 0.2) is 0 Å². The Bertz CT molecular complexity index is 836. The van der Waals surface area contributed by atoms with E-state index in [1.165, 1.54) is 7.11 Å². The van der Waals surface area contributed by atoms with Gasteiger partial charge in [0.1, 0.15) is 11.6 Å². The van der Waals surface area contributed by atoms with Gasteiger partial charge in [-0.3, -0.25) is 9.59 Å². The number of esters is 1. The molecule has 1 aliphatic carbocycles. The molecule has 0 radical (unpaired) electrons. The first-order chi connectivity index (χ1) is 13.9. The van der Waals surface area contributed by atoms with Crippen molar-refractivity contribution in [2.75, 3.05) is 7.11 Å². The summed E-state index contributed by atoms with van der Waals surface area (Å²) >= 11 is 0. The standard InChI is InChI=1S/C22H31N3O4/c1-15(2)19(22(28)29-3)24-20(26)17-14-16-10-6-4-5-7-11-18(16)25(21(17)27)13-9-8-12-23/h14-15,19H,4-11,13H2,1-3H3,(H,24,26). The third-order valence-corrected chi connectivity index (χ3v) is 5.42. The molecule has 0 saturated heterocycles. The minimum Gasteiger partial charge on any atom is -0.467 e. The van der Waals surface area contributed by atoms with Crippen LogP contribution in [0.15, 0.2) is 10.9 Å². The molecule has 0 fully saturated rings. The van der Waals surface area contributed by atoms with Gasteiger partial charge in [0.2, 0.25) is 0 Å². The molecule has 7 nitrogen and oxygen atoms in total. The molecule has 0 spiro atoms. The third-order valence-electron chi connectivity index (χ3n) is 5.42. The molecule has 1 unspecified atom stereocenters. The number of unbranched alkanes of at least 4 members (excludes halogenated alkanes) is 1. The molecule has 1 N–H and O–H groups in total. The van der Waals surface area contributed by atoms with Gasteiger partial charge in [-0.2, -0.15) is 5.26 Å². The van der Waals surface area contributed by atoms with E-state index in [-0.39, 0.29) is 17.0 Å². The molecule has 1 aliphatic rings. The second kappa shape index (κ2) is 10.8. The van der Waals surface area contributed by atoms with Crippen molar-refractivity contribution >= 4 is 11.9 Å². The number of aryl methyl sites for hydroxylation is 1. The first-order valence-electron chi connectivity index (χ1n) is 10.4. The number of ether oxygens (including phenoxy) is 1. The topological polar surface area (TPSA) is 101 Å². The molecule has 7 heteroatoms. The maximum absolute atomic E-state index is 13.2. The summed E-state index contributed by atoms with van der Waals surface area (Å²) in [4.78, 5) is 38.1. The lowest BCUT2D eigenvalue weighted by Gasteiger charge is -2.23. The van der Waals surface area contributed by atoms with E-state index in [9.17, 15) is 14.4 Å². The van der Waals surface area contributed by atoms with Crippen molar-refractivity contribution in [3.63, 3.8) is 0 Å². The van der Waals surface area contributed by atoms with Crippen molar-refractivity contribution in [3.8, 4) is 6.07 Å². The van der Waals surface area contributed by atoms with E-state index in [0.717, 1.165) is 49.8 Å². The van der Waals surface area contributed by atoms with Crippen LogP contribution in [0.3, 0.4) is 0 Å². The van der Waals surface area contributed by atoms with Gasteiger partial charge in [0.25, 0.3) is 11.5 Å². The SMILES string of the molecule is COC(=O)C(NC(=O)c1cc2c(n(CCCC#N)c1=O)CCCCCC2)C(C)C. The summed E-state index contributed by atoms with van der Waals surface area (Å²) in [6.07, 6.45) is 6.82. The highest BCUT2D eigenvalue weighted by molar-refractivity contribution is 5.96. The summed E-state index contributed by atoms with van der Waals surface area (Å²) in [5, 5.41) is 11.5. The number of hydrogen-bond acceptors (Lipinski definition) is 5. The minimum absolute atomic E-state index is 0.0517. The van der Waals surface area contributed by atoms with E-state index in [0.29, 0.717) is 19.4 Å². The highest BCUT2D eigenvalue weighted by Crippen LogP contribution is 2.21. The fraction of sp³-hybridized carbons (Fsp3) is 0.636. The van der Waals surface area contributed by atoms with Crippen LogP contribution in [0.25, 0.3) is 0 Å². The average molecular weight is 402 g/mol. The number of rotatable bonds is 7. The lowest BCUT2D eigenvalue weighted by molar-refractivity contribution is -0.144. The quantitative estimate of drug-likeness (QED) is 0.559. The molecule has 0 aliphatic heterocycles. The van der Waals surface area contributed by atoms with Gasteiger partial charge < -0.3 is 14.6 Å². The molecule has 0 saturated carbocycles. The van der Waals surface area contributed by atoms with Crippen LogP contribution in [-0.2, 0) is 28.9 Å². The van der Waals surface area contributed by atoms with Gasteiger partial charge in [0, 0.05) is 18.7 Å². The predicted molar refractivity (Wildman–Crippen MR) is 110 cm³/mol. The van der Waals surface area contributed by atoms with Gasteiger partial charge >= 0.3 is 5.97 Å². The maximum atomic E-state index is 13.2. The lowest BCUT2D eigenvalue weighted by atomic mass is 9.95. The van der Waals surface area contributed by atoms with E-state index < -0.39 is 17.9 Å². The maximum Gasteiger partial charge on any atom is 0.328 e. The van der Waals surface area contributed by atoms with Gasteiger partial charge in [0.05, 0.1) is 13.2 Å². The van der Waals surface area contributed by atoms with Crippen LogP contribution in [0, 0.1) is 17.2 Å². The summed E-state index contributed by atoms with van der Waals surface area (Å²) in [5.74, 6) is -1.26. The Hall–Kier alpha value is -2.62. The summed E-state index contributed by atoms with van der Waals surface area (Å²) in [6, 6.07) is 2.99.